The predicted octanol–water partition coefficient (Wildman–Crippen LogP) is 4.22. The smallest absolute Gasteiger partial charge is 0.257 e. The first-order valence-corrected chi connectivity index (χ1v) is 10.7. The van der Waals surface area contributed by atoms with Crippen LogP contribution in [-0.4, -0.2) is 29.9 Å². The van der Waals surface area contributed by atoms with Crippen LogP contribution in [0.2, 0.25) is 0 Å². The third-order valence-corrected chi connectivity index (χ3v) is 5.24. The van der Waals surface area contributed by atoms with Crippen LogP contribution in [0, 0.1) is 0 Å². The maximum Gasteiger partial charge on any atom is 0.257 e. The van der Waals surface area contributed by atoms with Gasteiger partial charge in [-0.25, -0.2) is 4.98 Å². The van der Waals surface area contributed by atoms with Crippen LogP contribution in [-0.2, 0) is 16.0 Å². The predicted molar refractivity (Wildman–Crippen MR) is 119 cm³/mol. The van der Waals surface area contributed by atoms with Crippen molar-refractivity contribution in [2.24, 2.45) is 0 Å². The molecule has 0 aliphatic rings. The second-order valence-electron chi connectivity index (χ2n) is 6.77. The van der Waals surface area contributed by atoms with Crippen LogP contribution in [0.15, 0.2) is 66.0 Å². The summed E-state index contributed by atoms with van der Waals surface area (Å²) in [5.41, 5.74) is 2.34. The van der Waals surface area contributed by atoms with Crippen molar-refractivity contribution < 1.29 is 14.3 Å². The van der Waals surface area contributed by atoms with Gasteiger partial charge in [0.1, 0.15) is 0 Å². The number of carbonyl (C=O) groups excluding carboxylic acids is 2. The summed E-state index contributed by atoms with van der Waals surface area (Å²) in [4.78, 5) is 28.6. The van der Waals surface area contributed by atoms with Crippen LogP contribution >= 0.6 is 11.3 Å². The molecule has 1 atom stereocenters. The number of hydrogen-bond acceptors (Lipinski definition) is 5. The highest BCUT2D eigenvalue weighted by Crippen LogP contribution is 2.17. The van der Waals surface area contributed by atoms with E-state index in [1.54, 1.807) is 29.6 Å². The Labute approximate surface area is 180 Å². The molecule has 2 N–H and O–H groups in total. The molecule has 30 heavy (non-hydrogen) atoms. The summed E-state index contributed by atoms with van der Waals surface area (Å²) in [7, 11) is 0. The SMILES string of the molecule is CC(OCCCNC(=O)Cc1csc(NC(=O)c2ccccc2)n1)c1ccccc1. The van der Waals surface area contributed by atoms with Gasteiger partial charge in [-0.2, -0.15) is 0 Å². The van der Waals surface area contributed by atoms with E-state index in [1.807, 2.05) is 43.3 Å². The van der Waals surface area contributed by atoms with Crippen LogP contribution in [0.4, 0.5) is 5.13 Å². The minimum absolute atomic E-state index is 0.0291. The van der Waals surface area contributed by atoms with E-state index in [2.05, 4.69) is 15.6 Å². The van der Waals surface area contributed by atoms with E-state index in [1.165, 1.54) is 11.3 Å². The van der Waals surface area contributed by atoms with Crippen molar-refractivity contribution >= 4 is 28.3 Å². The fourth-order valence-electron chi connectivity index (χ4n) is 2.81. The Hall–Kier alpha value is -3.03. The third kappa shape index (κ3) is 6.79. The summed E-state index contributed by atoms with van der Waals surface area (Å²) in [6.45, 7) is 3.13. The lowest BCUT2D eigenvalue weighted by Gasteiger charge is -2.13. The number of hydrogen-bond donors (Lipinski definition) is 2. The molecule has 0 bridgehead atoms. The topological polar surface area (TPSA) is 80.3 Å². The van der Waals surface area contributed by atoms with Gasteiger partial charge in [-0.15, -0.1) is 11.3 Å². The van der Waals surface area contributed by atoms with Crippen LogP contribution in [0.5, 0.6) is 0 Å². The number of ether oxygens (including phenoxy) is 1. The molecule has 156 valence electrons. The average molecular weight is 424 g/mol. The number of carbonyl (C=O) groups is 2. The summed E-state index contributed by atoms with van der Waals surface area (Å²) in [5, 5.41) is 7.90. The zero-order valence-corrected chi connectivity index (χ0v) is 17.7. The molecule has 0 fully saturated rings. The largest absolute Gasteiger partial charge is 0.374 e. The van der Waals surface area contributed by atoms with E-state index in [9.17, 15) is 9.59 Å². The Balaban J connectivity index is 1.34. The molecule has 1 unspecified atom stereocenters. The molecule has 7 heteroatoms. The fraction of sp³-hybridized carbons (Fsp3) is 0.261. The summed E-state index contributed by atoms with van der Waals surface area (Å²) >= 11 is 1.30. The monoisotopic (exact) mass is 423 g/mol. The van der Waals surface area contributed by atoms with Crippen LogP contribution < -0.4 is 10.6 Å². The molecule has 3 rings (SSSR count). The summed E-state index contributed by atoms with van der Waals surface area (Å²) in [6.07, 6.45) is 0.943. The van der Waals surface area contributed by atoms with Crippen LogP contribution in [0.25, 0.3) is 0 Å². The highest BCUT2D eigenvalue weighted by Gasteiger charge is 2.11. The number of amides is 2. The van der Waals surface area contributed by atoms with E-state index in [0.717, 1.165) is 12.0 Å². The number of thiazole rings is 1. The molecular formula is C23H25N3O3S. The summed E-state index contributed by atoms with van der Waals surface area (Å²) in [6, 6.07) is 19.0. The van der Waals surface area contributed by atoms with Gasteiger partial charge in [-0.05, 0) is 31.0 Å². The van der Waals surface area contributed by atoms with Gasteiger partial charge in [-0.3, -0.25) is 14.9 Å². The van der Waals surface area contributed by atoms with Crippen LogP contribution in [0.1, 0.15) is 41.1 Å². The van der Waals surface area contributed by atoms with Crippen molar-refractivity contribution in [2.75, 3.05) is 18.5 Å². The van der Waals surface area contributed by atoms with Crippen molar-refractivity contribution in [3.05, 3.63) is 82.9 Å². The zero-order chi connectivity index (χ0) is 21.2. The Morgan fingerprint density at radius 3 is 2.50 bits per heavy atom. The van der Waals surface area contributed by atoms with Gasteiger partial charge < -0.3 is 10.1 Å². The zero-order valence-electron chi connectivity index (χ0n) is 16.8. The van der Waals surface area contributed by atoms with Crippen molar-refractivity contribution in [2.45, 2.75) is 25.9 Å². The second kappa shape index (κ2) is 11.2. The highest BCUT2D eigenvalue weighted by molar-refractivity contribution is 7.14. The number of benzene rings is 2. The Kier molecular flexibility index (Phi) is 8.11. The van der Waals surface area contributed by atoms with Gasteiger partial charge >= 0.3 is 0 Å². The Morgan fingerprint density at radius 1 is 1.07 bits per heavy atom. The molecule has 3 aromatic rings. The normalized spacial score (nSPS) is 11.6. The number of nitrogens with zero attached hydrogens (tertiary/aromatic N) is 1. The van der Waals surface area contributed by atoms with Crippen molar-refractivity contribution in [1.82, 2.24) is 10.3 Å². The first-order valence-electron chi connectivity index (χ1n) is 9.86. The van der Waals surface area contributed by atoms with Gasteiger partial charge in [-0.1, -0.05) is 48.5 Å². The average Bonchev–Trinajstić information content (AvgIpc) is 3.21. The van der Waals surface area contributed by atoms with Crippen molar-refractivity contribution in [3.63, 3.8) is 0 Å². The fourth-order valence-corrected chi connectivity index (χ4v) is 3.52. The number of rotatable bonds is 10. The maximum absolute atomic E-state index is 12.2. The molecule has 0 saturated carbocycles. The molecule has 0 saturated heterocycles. The van der Waals surface area contributed by atoms with Gasteiger partial charge in [0.15, 0.2) is 5.13 Å². The molecule has 0 aliphatic heterocycles. The van der Waals surface area contributed by atoms with Gasteiger partial charge in [0.25, 0.3) is 5.91 Å². The lowest BCUT2D eigenvalue weighted by molar-refractivity contribution is -0.120. The van der Waals surface area contributed by atoms with E-state index in [4.69, 9.17) is 4.74 Å². The standard InChI is InChI=1S/C23H25N3O3S/c1-17(18-9-4-2-5-10-18)29-14-8-13-24-21(27)15-20-16-30-23(25-20)26-22(28)19-11-6-3-7-12-19/h2-7,9-12,16-17H,8,13-15H2,1H3,(H,24,27)(H,25,26,28). The van der Waals surface area contributed by atoms with Crippen molar-refractivity contribution in [3.8, 4) is 0 Å². The van der Waals surface area contributed by atoms with Crippen molar-refractivity contribution in [1.29, 1.82) is 0 Å². The number of aromatic nitrogens is 1. The molecule has 0 aliphatic carbocycles. The molecule has 2 aromatic carbocycles. The minimum Gasteiger partial charge on any atom is -0.374 e. The molecule has 6 nitrogen and oxygen atoms in total. The number of anilines is 1. The molecule has 0 spiro atoms. The molecular weight excluding hydrogens is 398 g/mol. The number of nitrogens with one attached hydrogen (secondary N) is 2. The molecule has 1 heterocycles. The quantitative estimate of drug-likeness (QED) is 0.479. The van der Waals surface area contributed by atoms with Gasteiger partial charge in [0, 0.05) is 24.1 Å². The summed E-state index contributed by atoms with van der Waals surface area (Å²) < 4.78 is 5.80. The van der Waals surface area contributed by atoms with E-state index in [0.29, 0.717) is 29.5 Å². The summed E-state index contributed by atoms with van der Waals surface area (Å²) in [5.74, 6) is -0.317. The first kappa shape index (κ1) is 21.7. The lowest BCUT2D eigenvalue weighted by atomic mass is 10.1. The first-order chi connectivity index (χ1) is 14.6. The van der Waals surface area contributed by atoms with E-state index < -0.39 is 0 Å². The lowest BCUT2D eigenvalue weighted by Crippen LogP contribution is -2.27. The molecule has 2 amide bonds. The minimum atomic E-state index is -0.217. The maximum atomic E-state index is 12.2. The Morgan fingerprint density at radius 2 is 1.77 bits per heavy atom. The Bertz CT molecular complexity index is 945. The van der Waals surface area contributed by atoms with Gasteiger partial charge in [0.05, 0.1) is 18.2 Å². The van der Waals surface area contributed by atoms with Gasteiger partial charge in [0.2, 0.25) is 5.91 Å². The van der Waals surface area contributed by atoms with Crippen LogP contribution in [0.3, 0.4) is 0 Å². The van der Waals surface area contributed by atoms with E-state index in [-0.39, 0.29) is 24.3 Å². The highest BCUT2D eigenvalue weighted by atomic mass is 32.1. The third-order valence-electron chi connectivity index (χ3n) is 4.43. The van der Waals surface area contributed by atoms with E-state index >= 15 is 0 Å². The molecule has 0 radical (unpaired) electrons. The second-order valence-corrected chi connectivity index (χ2v) is 7.63. The molecule has 1 aromatic heterocycles.